The zero-order chi connectivity index (χ0) is 19.2. The van der Waals surface area contributed by atoms with Crippen LogP contribution in [0.3, 0.4) is 0 Å². The number of aryl methyl sites for hydroxylation is 2. The molecular formula is C17H20N6O3S. The molecule has 1 aliphatic heterocycles. The second-order valence-corrected chi connectivity index (χ2v) is 8.54. The molecule has 0 atom stereocenters. The van der Waals surface area contributed by atoms with Crippen LogP contribution in [0, 0.1) is 0 Å². The van der Waals surface area contributed by atoms with Crippen molar-refractivity contribution in [2.45, 2.75) is 4.90 Å². The summed E-state index contributed by atoms with van der Waals surface area (Å²) < 4.78 is 29.8. The number of benzene rings is 1. The number of sulfonamides is 1. The van der Waals surface area contributed by atoms with E-state index < -0.39 is 10.0 Å². The van der Waals surface area contributed by atoms with Crippen LogP contribution in [0.2, 0.25) is 0 Å². The molecule has 9 nitrogen and oxygen atoms in total. The first kappa shape index (κ1) is 17.7. The van der Waals surface area contributed by atoms with Crippen LogP contribution in [0.5, 0.6) is 0 Å². The fourth-order valence-corrected chi connectivity index (χ4v) is 4.67. The van der Waals surface area contributed by atoms with E-state index in [2.05, 4.69) is 15.0 Å². The number of nitrogens with zero attached hydrogens (tertiary/aromatic N) is 6. The summed E-state index contributed by atoms with van der Waals surface area (Å²) in [5, 5.41) is 4.52. The molecule has 3 aromatic rings. The molecule has 1 aromatic carbocycles. The molecular weight excluding hydrogens is 368 g/mol. The van der Waals surface area contributed by atoms with E-state index in [1.54, 1.807) is 20.2 Å². The normalized spacial score (nSPS) is 16.1. The lowest BCUT2D eigenvalue weighted by Gasteiger charge is -2.35. The Morgan fingerprint density at radius 1 is 1.07 bits per heavy atom. The van der Waals surface area contributed by atoms with Crippen molar-refractivity contribution in [3.05, 3.63) is 47.3 Å². The van der Waals surface area contributed by atoms with E-state index in [0.717, 1.165) is 5.69 Å². The Labute approximate surface area is 156 Å². The summed E-state index contributed by atoms with van der Waals surface area (Å²) in [4.78, 5) is 18.8. The number of rotatable bonds is 3. The molecule has 0 N–H and O–H groups in total. The first-order valence-corrected chi connectivity index (χ1v) is 9.99. The maximum absolute atomic E-state index is 12.7. The number of fused-ring (bicyclic) bond motifs is 1. The number of piperazine rings is 1. The minimum absolute atomic E-state index is 0.0843. The molecule has 0 radical (unpaired) electrons. The maximum Gasteiger partial charge on any atom is 0.260 e. The average Bonchev–Trinajstić information content (AvgIpc) is 3.12. The summed E-state index contributed by atoms with van der Waals surface area (Å²) in [5.74, 6) is 0. The minimum Gasteiger partial charge on any atom is -0.369 e. The topological polar surface area (TPSA) is 93.3 Å². The van der Waals surface area contributed by atoms with Gasteiger partial charge >= 0.3 is 0 Å². The molecule has 0 amide bonds. The lowest BCUT2D eigenvalue weighted by atomic mass is 10.2. The van der Waals surface area contributed by atoms with E-state index in [0.29, 0.717) is 37.1 Å². The Balaban J connectivity index is 1.53. The van der Waals surface area contributed by atoms with E-state index in [1.165, 1.54) is 32.3 Å². The Bertz CT molecular complexity index is 1160. The number of aromatic nitrogens is 4. The molecule has 0 saturated carbocycles. The quantitative estimate of drug-likeness (QED) is 0.635. The standard InChI is InChI=1S/C17H20N6O3S/c1-20-12-18-16-9-13(3-4-15(16)17(20)24)22-5-7-23(8-6-22)27(25,26)14-10-19-21(2)11-14/h3-4,9-12H,5-8H2,1-2H3. The van der Waals surface area contributed by atoms with Crippen LogP contribution in [0.4, 0.5) is 5.69 Å². The molecule has 27 heavy (non-hydrogen) atoms. The Hall–Kier alpha value is -2.72. The van der Waals surface area contributed by atoms with Gasteiger partial charge in [-0.25, -0.2) is 13.4 Å². The third-order valence-electron chi connectivity index (χ3n) is 4.82. The van der Waals surface area contributed by atoms with Crippen molar-refractivity contribution in [1.29, 1.82) is 0 Å². The fourth-order valence-electron chi connectivity index (χ4n) is 3.26. The zero-order valence-corrected chi connectivity index (χ0v) is 15.9. The van der Waals surface area contributed by atoms with Gasteiger partial charge in [-0.15, -0.1) is 0 Å². The molecule has 0 spiro atoms. The van der Waals surface area contributed by atoms with Gasteiger partial charge in [0, 0.05) is 52.2 Å². The van der Waals surface area contributed by atoms with Gasteiger partial charge in [-0.3, -0.25) is 9.48 Å². The van der Waals surface area contributed by atoms with Crippen LogP contribution in [-0.2, 0) is 24.1 Å². The molecule has 1 saturated heterocycles. The van der Waals surface area contributed by atoms with Gasteiger partial charge in [0.05, 0.1) is 23.4 Å². The minimum atomic E-state index is -3.52. The highest BCUT2D eigenvalue weighted by Gasteiger charge is 2.29. The van der Waals surface area contributed by atoms with Crippen molar-refractivity contribution < 1.29 is 8.42 Å². The van der Waals surface area contributed by atoms with Gasteiger partial charge in [-0.2, -0.15) is 9.40 Å². The molecule has 0 bridgehead atoms. The van der Waals surface area contributed by atoms with E-state index >= 15 is 0 Å². The number of anilines is 1. The van der Waals surface area contributed by atoms with Crippen LogP contribution >= 0.6 is 0 Å². The average molecular weight is 388 g/mol. The predicted octanol–water partition coefficient (Wildman–Crippen LogP) is 0.178. The molecule has 2 aromatic heterocycles. The largest absolute Gasteiger partial charge is 0.369 e. The van der Waals surface area contributed by atoms with Gasteiger partial charge < -0.3 is 9.47 Å². The molecule has 1 fully saturated rings. The Morgan fingerprint density at radius 2 is 1.81 bits per heavy atom. The highest BCUT2D eigenvalue weighted by atomic mass is 32.2. The summed E-state index contributed by atoms with van der Waals surface area (Å²) in [6.45, 7) is 1.91. The first-order chi connectivity index (χ1) is 12.9. The lowest BCUT2D eigenvalue weighted by Crippen LogP contribution is -2.48. The summed E-state index contributed by atoms with van der Waals surface area (Å²) in [6, 6.07) is 5.54. The van der Waals surface area contributed by atoms with E-state index in [9.17, 15) is 13.2 Å². The van der Waals surface area contributed by atoms with Crippen LogP contribution < -0.4 is 10.5 Å². The highest BCUT2D eigenvalue weighted by Crippen LogP contribution is 2.23. The van der Waals surface area contributed by atoms with Gasteiger partial charge in [-0.1, -0.05) is 0 Å². The monoisotopic (exact) mass is 388 g/mol. The van der Waals surface area contributed by atoms with Crippen LogP contribution in [-0.4, -0.2) is 58.2 Å². The second-order valence-electron chi connectivity index (χ2n) is 6.60. The second kappa shape index (κ2) is 6.46. The van der Waals surface area contributed by atoms with Gasteiger partial charge in [-0.05, 0) is 18.2 Å². The van der Waals surface area contributed by atoms with Crippen LogP contribution in [0.25, 0.3) is 10.9 Å². The van der Waals surface area contributed by atoms with Gasteiger partial charge in [0.1, 0.15) is 4.90 Å². The van der Waals surface area contributed by atoms with Crippen molar-refractivity contribution in [2.75, 3.05) is 31.1 Å². The smallest absolute Gasteiger partial charge is 0.260 e. The predicted molar refractivity (Wildman–Crippen MR) is 101 cm³/mol. The van der Waals surface area contributed by atoms with E-state index in [1.807, 2.05) is 12.1 Å². The summed E-state index contributed by atoms with van der Waals surface area (Å²) in [6.07, 6.45) is 4.39. The van der Waals surface area contributed by atoms with Gasteiger partial charge in [0.25, 0.3) is 5.56 Å². The highest BCUT2D eigenvalue weighted by molar-refractivity contribution is 7.89. The van der Waals surface area contributed by atoms with Crippen molar-refractivity contribution in [1.82, 2.24) is 23.6 Å². The third kappa shape index (κ3) is 3.10. The molecule has 10 heteroatoms. The summed E-state index contributed by atoms with van der Waals surface area (Å²) >= 11 is 0. The first-order valence-electron chi connectivity index (χ1n) is 8.55. The van der Waals surface area contributed by atoms with Crippen molar-refractivity contribution in [2.24, 2.45) is 14.1 Å². The molecule has 142 valence electrons. The molecule has 1 aliphatic rings. The van der Waals surface area contributed by atoms with E-state index in [-0.39, 0.29) is 10.5 Å². The Morgan fingerprint density at radius 3 is 2.48 bits per heavy atom. The van der Waals surface area contributed by atoms with Crippen molar-refractivity contribution in [3.8, 4) is 0 Å². The SMILES string of the molecule is Cn1cc(S(=O)(=O)N2CCN(c3ccc4c(=O)n(C)cnc4c3)CC2)cn1. The van der Waals surface area contributed by atoms with Crippen LogP contribution in [0.1, 0.15) is 0 Å². The van der Waals surface area contributed by atoms with Gasteiger partial charge in [0.2, 0.25) is 10.0 Å². The molecule has 0 aliphatic carbocycles. The lowest BCUT2D eigenvalue weighted by molar-refractivity contribution is 0.385. The molecule has 4 rings (SSSR count). The van der Waals surface area contributed by atoms with E-state index in [4.69, 9.17) is 0 Å². The van der Waals surface area contributed by atoms with Crippen molar-refractivity contribution >= 4 is 26.6 Å². The number of hydrogen-bond acceptors (Lipinski definition) is 6. The Kier molecular flexibility index (Phi) is 4.23. The molecule has 0 unspecified atom stereocenters. The third-order valence-corrected chi connectivity index (χ3v) is 6.68. The summed E-state index contributed by atoms with van der Waals surface area (Å²) in [5.41, 5.74) is 1.49. The number of hydrogen-bond donors (Lipinski definition) is 0. The summed E-state index contributed by atoms with van der Waals surface area (Å²) in [7, 11) is -0.161. The maximum atomic E-state index is 12.7. The van der Waals surface area contributed by atoms with Gasteiger partial charge in [0.15, 0.2) is 0 Å². The zero-order valence-electron chi connectivity index (χ0n) is 15.1. The van der Waals surface area contributed by atoms with Crippen molar-refractivity contribution in [3.63, 3.8) is 0 Å². The van der Waals surface area contributed by atoms with Crippen LogP contribution in [0.15, 0.2) is 46.6 Å². The molecule has 3 heterocycles. The fraction of sp³-hybridized carbons (Fsp3) is 0.353.